The number of fused-ring (bicyclic) bond motifs is 2. The molecule has 8 nitrogen and oxygen atoms in total. The maximum absolute atomic E-state index is 14.8. The van der Waals surface area contributed by atoms with E-state index in [0.29, 0.717) is 60.3 Å². The minimum absolute atomic E-state index is 0.119. The number of hydrogen-bond donors (Lipinski definition) is 2. The van der Waals surface area contributed by atoms with E-state index in [1.54, 1.807) is 18.3 Å². The van der Waals surface area contributed by atoms with Crippen LogP contribution in [0.2, 0.25) is 0 Å². The average molecular weight is 550 g/mol. The zero-order valence-corrected chi connectivity index (χ0v) is 21.8. The quantitative estimate of drug-likeness (QED) is 0.376. The van der Waals surface area contributed by atoms with Gasteiger partial charge in [-0.2, -0.15) is 0 Å². The van der Waals surface area contributed by atoms with Crippen LogP contribution in [-0.4, -0.2) is 49.7 Å². The molecule has 0 fully saturated rings. The Kier molecular flexibility index (Phi) is 6.25. The molecule has 0 saturated carbocycles. The fourth-order valence-electron chi connectivity index (χ4n) is 5.84. The Morgan fingerprint density at radius 3 is 2.55 bits per heavy atom. The van der Waals surface area contributed by atoms with E-state index in [1.807, 2.05) is 24.6 Å². The summed E-state index contributed by atoms with van der Waals surface area (Å²) in [7, 11) is 1.88. The normalized spacial score (nSPS) is 16.1. The van der Waals surface area contributed by atoms with Gasteiger partial charge in [-0.15, -0.1) is 0 Å². The predicted octanol–water partition coefficient (Wildman–Crippen LogP) is 4.66. The number of rotatable bonds is 5. The highest BCUT2D eigenvalue weighted by Crippen LogP contribution is 2.34. The van der Waals surface area contributed by atoms with E-state index in [4.69, 9.17) is 5.11 Å². The van der Waals surface area contributed by atoms with Gasteiger partial charge in [0, 0.05) is 61.1 Å². The van der Waals surface area contributed by atoms with Gasteiger partial charge in [-0.25, -0.2) is 22.9 Å². The molecule has 40 heavy (non-hydrogen) atoms. The van der Waals surface area contributed by atoms with Crippen molar-refractivity contribution in [3.05, 3.63) is 92.9 Å². The first-order valence-electron chi connectivity index (χ1n) is 12.9. The molecule has 2 aliphatic heterocycles. The molecular weight excluding hydrogens is 523 g/mol. The molecule has 2 N–H and O–H groups in total. The van der Waals surface area contributed by atoms with Gasteiger partial charge in [0.25, 0.3) is 5.56 Å². The lowest BCUT2D eigenvalue weighted by Gasteiger charge is -2.32. The molecule has 5 heterocycles. The van der Waals surface area contributed by atoms with Gasteiger partial charge < -0.3 is 15.0 Å². The van der Waals surface area contributed by atoms with Crippen LogP contribution in [0.25, 0.3) is 22.3 Å². The molecule has 0 unspecified atom stereocenters. The van der Waals surface area contributed by atoms with Gasteiger partial charge in [-0.3, -0.25) is 14.3 Å². The summed E-state index contributed by atoms with van der Waals surface area (Å²) in [4.78, 5) is 31.0. The van der Waals surface area contributed by atoms with Crippen LogP contribution in [0.15, 0.2) is 47.5 Å². The SMILES string of the molecule is C[C@@H](c1cc2c(-n3cc(F)c4c(c3=O)CCN4)ccnc2n1C)N1CC=C(c2c(F)cc(C(=O)O)cc2F)CC1. The molecule has 0 bridgehead atoms. The first-order chi connectivity index (χ1) is 19.2. The van der Waals surface area contributed by atoms with E-state index in [-0.39, 0.29) is 22.9 Å². The molecule has 1 aromatic carbocycles. The highest BCUT2D eigenvalue weighted by molar-refractivity contribution is 5.88. The summed E-state index contributed by atoms with van der Waals surface area (Å²) < 4.78 is 47.3. The van der Waals surface area contributed by atoms with Crippen LogP contribution >= 0.6 is 0 Å². The van der Waals surface area contributed by atoms with Crippen LogP contribution in [0.1, 0.15) is 46.6 Å². The van der Waals surface area contributed by atoms with Gasteiger partial charge in [0.2, 0.25) is 0 Å². The number of aryl methyl sites for hydroxylation is 1. The number of halogens is 3. The third-order valence-electron chi connectivity index (χ3n) is 7.97. The van der Waals surface area contributed by atoms with E-state index in [9.17, 15) is 22.8 Å². The maximum Gasteiger partial charge on any atom is 0.335 e. The summed E-state index contributed by atoms with van der Waals surface area (Å²) in [5.74, 6) is -3.67. The zero-order chi connectivity index (χ0) is 28.3. The number of pyridine rings is 2. The highest BCUT2D eigenvalue weighted by Gasteiger charge is 2.27. The van der Waals surface area contributed by atoms with E-state index < -0.39 is 29.0 Å². The van der Waals surface area contributed by atoms with Crippen molar-refractivity contribution >= 4 is 28.3 Å². The topological polar surface area (TPSA) is 92.4 Å². The second kappa shape index (κ2) is 9.67. The number of hydrogen-bond acceptors (Lipinski definition) is 5. The van der Waals surface area contributed by atoms with Crippen molar-refractivity contribution in [3.8, 4) is 5.69 Å². The van der Waals surface area contributed by atoms with Crippen molar-refractivity contribution < 1.29 is 23.1 Å². The van der Waals surface area contributed by atoms with Crippen LogP contribution < -0.4 is 10.9 Å². The highest BCUT2D eigenvalue weighted by atomic mass is 19.1. The van der Waals surface area contributed by atoms with E-state index in [0.717, 1.165) is 17.8 Å². The van der Waals surface area contributed by atoms with Gasteiger partial charge in [0.1, 0.15) is 17.3 Å². The first-order valence-corrected chi connectivity index (χ1v) is 12.9. The van der Waals surface area contributed by atoms with Crippen LogP contribution in [0.3, 0.4) is 0 Å². The molecule has 0 saturated heterocycles. The number of carboxylic acids is 1. The van der Waals surface area contributed by atoms with Crippen molar-refractivity contribution in [2.75, 3.05) is 25.0 Å². The van der Waals surface area contributed by atoms with Gasteiger partial charge in [0.15, 0.2) is 5.82 Å². The summed E-state index contributed by atoms with van der Waals surface area (Å²) in [5.41, 5.74) is 2.37. The molecule has 206 valence electrons. The number of anilines is 1. The molecule has 1 atom stereocenters. The van der Waals surface area contributed by atoms with Gasteiger partial charge in [-0.05, 0) is 49.6 Å². The molecule has 0 radical (unpaired) electrons. The Labute approximate surface area is 227 Å². The number of aromatic nitrogens is 3. The van der Waals surface area contributed by atoms with E-state index in [2.05, 4.69) is 15.2 Å². The lowest BCUT2D eigenvalue weighted by molar-refractivity contribution is 0.0695. The lowest BCUT2D eigenvalue weighted by Crippen LogP contribution is -2.32. The Bertz CT molecular complexity index is 1770. The lowest BCUT2D eigenvalue weighted by atomic mass is 9.96. The number of carbonyl (C=O) groups is 1. The van der Waals surface area contributed by atoms with Gasteiger partial charge in [0.05, 0.1) is 23.1 Å². The molecule has 3 aromatic heterocycles. The van der Waals surface area contributed by atoms with Crippen molar-refractivity contribution in [1.82, 2.24) is 19.0 Å². The van der Waals surface area contributed by atoms with Crippen molar-refractivity contribution in [1.29, 1.82) is 0 Å². The predicted molar refractivity (Wildman–Crippen MR) is 144 cm³/mol. The Balaban J connectivity index is 1.32. The summed E-state index contributed by atoms with van der Waals surface area (Å²) in [5, 5.41) is 12.7. The average Bonchev–Trinajstić information content (AvgIpc) is 3.56. The maximum atomic E-state index is 14.8. The summed E-state index contributed by atoms with van der Waals surface area (Å²) >= 11 is 0. The number of nitrogens with one attached hydrogen (secondary N) is 1. The zero-order valence-electron chi connectivity index (χ0n) is 21.8. The third-order valence-corrected chi connectivity index (χ3v) is 7.97. The van der Waals surface area contributed by atoms with Crippen LogP contribution in [0.4, 0.5) is 18.9 Å². The summed E-state index contributed by atoms with van der Waals surface area (Å²) in [6.07, 6.45) is 5.39. The fraction of sp³-hybridized carbons (Fsp3) is 0.276. The Hall–Kier alpha value is -4.38. The molecule has 2 aliphatic rings. The summed E-state index contributed by atoms with van der Waals surface area (Å²) in [6.45, 7) is 3.46. The van der Waals surface area contributed by atoms with E-state index >= 15 is 0 Å². The molecule has 11 heteroatoms. The largest absolute Gasteiger partial charge is 0.478 e. The molecule has 4 aromatic rings. The van der Waals surface area contributed by atoms with Crippen molar-refractivity contribution in [2.45, 2.75) is 25.8 Å². The minimum Gasteiger partial charge on any atom is -0.478 e. The second-order valence-electron chi connectivity index (χ2n) is 10.1. The summed E-state index contributed by atoms with van der Waals surface area (Å²) in [6, 6.07) is 5.20. The van der Waals surface area contributed by atoms with Crippen molar-refractivity contribution in [3.63, 3.8) is 0 Å². The minimum atomic E-state index is -1.39. The Morgan fingerprint density at radius 1 is 1.12 bits per heavy atom. The molecule has 0 amide bonds. The number of benzene rings is 1. The van der Waals surface area contributed by atoms with Crippen LogP contribution in [0.5, 0.6) is 0 Å². The van der Waals surface area contributed by atoms with Crippen LogP contribution in [-0.2, 0) is 13.5 Å². The fourth-order valence-corrected chi connectivity index (χ4v) is 5.84. The van der Waals surface area contributed by atoms with Gasteiger partial charge >= 0.3 is 5.97 Å². The molecular formula is C29H26F3N5O3. The monoisotopic (exact) mass is 549 g/mol. The van der Waals surface area contributed by atoms with Crippen LogP contribution in [0, 0.1) is 17.5 Å². The van der Waals surface area contributed by atoms with Crippen molar-refractivity contribution in [2.24, 2.45) is 7.05 Å². The van der Waals surface area contributed by atoms with E-state index in [1.165, 1.54) is 10.8 Å². The van der Waals surface area contributed by atoms with Gasteiger partial charge in [-0.1, -0.05) is 6.08 Å². The second-order valence-corrected chi connectivity index (χ2v) is 10.1. The first kappa shape index (κ1) is 25.9. The number of carboxylic acid groups (broad SMARTS) is 1. The number of nitrogens with zero attached hydrogens (tertiary/aromatic N) is 4. The molecule has 0 aliphatic carbocycles. The Morgan fingerprint density at radius 2 is 1.88 bits per heavy atom. The smallest absolute Gasteiger partial charge is 0.335 e. The molecule has 0 spiro atoms. The standard InChI is InChI=1S/C29H26F3N5O3/c1-15(36-9-5-16(6-10-36)25-20(30)11-17(29(39)40)12-21(25)31)24-13-19-23(4-8-34-27(19)35(24)2)37-14-22(32)26-18(28(37)38)3-7-33-26/h4-5,8,11-15,33H,3,6-7,9-10H2,1-2H3,(H,39,40)/t15-/m0/s1. The number of aromatic carboxylic acids is 1. The molecule has 6 rings (SSSR count). The third kappa shape index (κ3) is 4.08.